The first-order valence-electron chi connectivity index (χ1n) is 9.61. The van der Waals surface area contributed by atoms with Crippen LogP contribution in [0.4, 0.5) is 5.69 Å². The Balaban J connectivity index is 1.87. The predicted octanol–water partition coefficient (Wildman–Crippen LogP) is 4.46. The summed E-state index contributed by atoms with van der Waals surface area (Å²) in [6.45, 7) is 5.62. The van der Waals surface area contributed by atoms with E-state index in [-0.39, 0.29) is 22.0 Å². The first-order valence-corrected chi connectivity index (χ1v) is 11.4. The van der Waals surface area contributed by atoms with Crippen molar-refractivity contribution >= 4 is 33.2 Å². The van der Waals surface area contributed by atoms with Gasteiger partial charge in [0.1, 0.15) is 15.8 Å². The number of aromatic nitrogens is 1. The van der Waals surface area contributed by atoms with Crippen molar-refractivity contribution in [3.05, 3.63) is 77.5 Å². The maximum atomic E-state index is 13.2. The smallest absolute Gasteiger partial charge is 0.245 e. The average molecular weight is 462 g/mol. The number of amides is 1. The Kier molecular flexibility index (Phi) is 6.83. The van der Waals surface area contributed by atoms with Gasteiger partial charge in [0.25, 0.3) is 0 Å². The van der Waals surface area contributed by atoms with Gasteiger partial charge < -0.3 is 9.73 Å². The number of halogens is 1. The number of nitrogens with one attached hydrogen (secondary N) is 1. The molecule has 0 atom stereocenters. The molecule has 2 aromatic heterocycles. The van der Waals surface area contributed by atoms with Gasteiger partial charge in [-0.05, 0) is 41.3 Å². The number of hydrogen-bond acceptors (Lipinski definition) is 5. The predicted molar refractivity (Wildman–Crippen MR) is 119 cm³/mol. The Morgan fingerprint density at radius 3 is 2.48 bits per heavy atom. The van der Waals surface area contributed by atoms with E-state index in [0.717, 1.165) is 9.87 Å². The van der Waals surface area contributed by atoms with Gasteiger partial charge in [-0.1, -0.05) is 50.6 Å². The number of hydrogen-bond donors (Lipinski definition) is 1. The molecule has 0 aliphatic carbocycles. The van der Waals surface area contributed by atoms with Crippen molar-refractivity contribution in [3.63, 3.8) is 0 Å². The molecule has 0 saturated heterocycles. The lowest BCUT2D eigenvalue weighted by molar-refractivity contribution is -0.116. The van der Waals surface area contributed by atoms with Crippen LogP contribution in [-0.2, 0) is 26.8 Å². The van der Waals surface area contributed by atoms with Crippen LogP contribution in [0.5, 0.6) is 0 Å². The van der Waals surface area contributed by atoms with Crippen LogP contribution in [0.2, 0.25) is 5.15 Å². The molecule has 1 aromatic carbocycles. The number of carbonyl (C=O) groups excluding carboxylic acids is 1. The number of benzene rings is 1. The van der Waals surface area contributed by atoms with Crippen LogP contribution < -0.4 is 5.32 Å². The van der Waals surface area contributed by atoms with Gasteiger partial charge in [-0.3, -0.25) is 4.79 Å². The first-order chi connectivity index (χ1) is 14.6. The zero-order chi connectivity index (χ0) is 22.6. The summed E-state index contributed by atoms with van der Waals surface area (Å²) in [5.41, 5.74) is 1.40. The van der Waals surface area contributed by atoms with Crippen LogP contribution in [-0.4, -0.2) is 30.2 Å². The fraction of sp³-hybridized carbons (Fsp3) is 0.273. The average Bonchev–Trinajstić information content (AvgIpc) is 3.20. The van der Waals surface area contributed by atoms with Gasteiger partial charge in [0.15, 0.2) is 0 Å². The fourth-order valence-electron chi connectivity index (χ4n) is 3.06. The van der Waals surface area contributed by atoms with Crippen molar-refractivity contribution in [2.45, 2.75) is 37.6 Å². The van der Waals surface area contributed by atoms with Crippen LogP contribution in [0.15, 0.2) is 70.3 Å². The number of anilines is 1. The summed E-state index contributed by atoms with van der Waals surface area (Å²) < 4.78 is 32.8. The van der Waals surface area contributed by atoms with Crippen molar-refractivity contribution < 1.29 is 17.6 Å². The molecule has 1 amide bonds. The summed E-state index contributed by atoms with van der Waals surface area (Å²) in [5.74, 6) is -0.0536. The maximum absolute atomic E-state index is 13.2. The molecule has 3 aromatic rings. The second-order valence-corrected chi connectivity index (χ2v) is 10.3. The highest BCUT2D eigenvalue weighted by Gasteiger charge is 2.29. The zero-order valence-electron chi connectivity index (χ0n) is 17.5. The molecule has 0 aliphatic rings. The van der Waals surface area contributed by atoms with Crippen LogP contribution in [0, 0.1) is 0 Å². The minimum Gasteiger partial charge on any atom is -0.468 e. The van der Waals surface area contributed by atoms with E-state index in [1.165, 1.54) is 24.6 Å². The molecule has 7 nitrogen and oxygen atoms in total. The second-order valence-electron chi connectivity index (χ2n) is 8.01. The van der Waals surface area contributed by atoms with E-state index in [1.807, 2.05) is 39.0 Å². The van der Waals surface area contributed by atoms with Crippen molar-refractivity contribution in [3.8, 4) is 0 Å². The van der Waals surface area contributed by atoms with E-state index in [1.54, 1.807) is 18.2 Å². The molecule has 9 heteroatoms. The third-order valence-corrected chi connectivity index (χ3v) is 6.58. The van der Waals surface area contributed by atoms with Crippen LogP contribution in [0.3, 0.4) is 0 Å². The van der Waals surface area contributed by atoms with Crippen molar-refractivity contribution in [2.24, 2.45) is 0 Å². The standard InChI is InChI=1S/C22H24ClN3O4S/c1-22(2,3)18-8-4-5-9-19(18)25-21(27)15-26(14-16-7-6-12-30-16)31(28,29)17-10-11-20(23)24-13-17/h4-13H,14-15H2,1-3H3,(H,25,27). The Morgan fingerprint density at radius 2 is 1.87 bits per heavy atom. The summed E-state index contributed by atoms with van der Waals surface area (Å²) in [4.78, 5) is 16.7. The van der Waals surface area contributed by atoms with Gasteiger partial charge in [-0.2, -0.15) is 4.31 Å². The minimum absolute atomic E-state index is 0.0636. The van der Waals surface area contributed by atoms with E-state index < -0.39 is 22.5 Å². The Morgan fingerprint density at radius 1 is 1.13 bits per heavy atom. The van der Waals surface area contributed by atoms with E-state index in [2.05, 4.69) is 10.3 Å². The SMILES string of the molecule is CC(C)(C)c1ccccc1NC(=O)CN(Cc1ccco1)S(=O)(=O)c1ccc(Cl)nc1. The molecule has 0 saturated carbocycles. The number of rotatable bonds is 7. The van der Waals surface area contributed by atoms with Gasteiger partial charge in [-0.15, -0.1) is 0 Å². The number of sulfonamides is 1. The van der Waals surface area contributed by atoms with E-state index >= 15 is 0 Å². The second kappa shape index (κ2) is 9.21. The van der Waals surface area contributed by atoms with Crippen molar-refractivity contribution in [2.75, 3.05) is 11.9 Å². The highest BCUT2D eigenvalue weighted by atomic mass is 35.5. The molecule has 31 heavy (non-hydrogen) atoms. The lowest BCUT2D eigenvalue weighted by Crippen LogP contribution is -2.37. The third-order valence-electron chi connectivity index (χ3n) is 4.58. The molecular weight excluding hydrogens is 438 g/mol. The molecule has 3 rings (SSSR count). The van der Waals surface area contributed by atoms with E-state index in [0.29, 0.717) is 11.4 Å². The topological polar surface area (TPSA) is 92.5 Å². The lowest BCUT2D eigenvalue weighted by Gasteiger charge is -2.24. The molecule has 0 fully saturated rings. The zero-order valence-corrected chi connectivity index (χ0v) is 19.1. The number of furan rings is 1. The first kappa shape index (κ1) is 23.0. The normalized spacial score (nSPS) is 12.2. The number of nitrogens with zero attached hydrogens (tertiary/aromatic N) is 2. The van der Waals surface area contributed by atoms with Gasteiger partial charge in [-0.25, -0.2) is 13.4 Å². The van der Waals surface area contributed by atoms with Gasteiger partial charge in [0.2, 0.25) is 15.9 Å². The van der Waals surface area contributed by atoms with Crippen molar-refractivity contribution in [1.29, 1.82) is 0 Å². The molecular formula is C22H24ClN3O4S. The molecule has 164 valence electrons. The Hall–Kier alpha value is -2.68. The molecule has 0 unspecified atom stereocenters. The molecule has 1 N–H and O–H groups in total. The fourth-order valence-corrected chi connectivity index (χ4v) is 4.48. The molecule has 0 bridgehead atoms. The summed E-state index contributed by atoms with van der Waals surface area (Å²) in [6.07, 6.45) is 2.61. The molecule has 0 radical (unpaired) electrons. The Bertz CT molecular complexity index is 1140. The maximum Gasteiger partial charge on any atom is 0.245 e. The van der Waals surface area contributed by atoms with Crippen LogP contribution in [0.25, 0.3) is 0 Å². The van der Waals surface area contributed by atoms with Gasteiger partial charge in [0.05, 0.1) is 19.4 Å². The summed E-state index contributed by atoms with van der Waals surface area (Å²) >= 11 is 5.78. The monoisotopic (exact) mass is 461 g/mol. The van der Waals surface area contributed by atoms with E-state index in [4.69, 9.17) is 16.0 Å². The van der Waals surface area contributed by atoms with Crippen LogP contribution in [0.1, 0.15) is 32.1 Å². The highest BCUT2D eigenvalue weighted by molar-refractivity contribution is 7.89. The van der Waals surface area contributed by atoms with Gasteiger partial charge in [0, 0.05) is 11.9 Å². The van der Waals surface area contributed by atoms with Crippen molar-refractivity contribution in [1.82, 2.24) is 9.29 Å². The number of para-hydroxylation sites is 1. The Labute approximate surface area is 187 Å². The largest absolute Gasteiger partial charge is 0.468 e. The van der Waals surface area contributed by atoms with Crippen LogP contribution >= 0.6 is 11.6 Å². The van der Waals surface area contributed by atoms with E-state index in [9.17, 15) is 13.2 Å². The molecule has 0 spiro atoms. The van der Waals surface area contributed by atoms with Gasteiger partial charge >= 0.3 is 0 Å². The lowest BCUT2D eigenvalue weighted by atomic mass is 9.86. The highest BCUT2D eigenvalue weighted by Crippen LogP contribution is 2.29. The molecule has 0 aliphatic heterocycles. The summed E-state index contributed by atoms with van der Waals surface area (Å²) in [5, 5.41) is 3.02. The minimum atomic E-state index is -4.03. The third kappa shape index (κ3) is 5.72. The number of pyridine rings is 1. The molecule has 2 heterocycles. The summed E-state index contributed by atoms with van der Waals surface area (Å²) in [7, 11) is -4.03. The summed E-state index contributed by atoms with van der Waals surface area (Å²) in [6, 6.07) is 13.5. The number of carbonyl (C=O) groups is 1. The quantitative estimate of drug-likeness (QED) is 0.524.